The van der Waals surface area contributed by atoms with Crippen molar-refractivity contribution < 1.29 is 47.1 Å². The molecule has 0 radical (unpaired) electrons. The van der Waals surface area contributed by atoms with E-state index in [2.05, 4.69) is 27.7 Å². The minimum Gasteiger partial charge on any atom is -0.550 e. The molecule has 0 aromatic rings. The molecule has 0 aromatic heterocycles. The van der Waals surface area contributed by atoms with Gasteiger partial charge < -0.3 is 19.8 Å². The third kappa shape index (κ3) is 33.0. The van der Waals surface area contributed by atoms with E-state index in [0.717, 1.165) is 38.5 Å². The fourth-order valence-corrected chi connectivity index (χ4v) is 1.64. The third-order valence-electron chi connectivity index (χ3n) is 2.82. The first-order valence-corrected chi connectivity index (χ1v) is 7.65. The number of rotatable bonds is 10. The molecule has 0 unspecified atom stereocenters. The van der Waals surface area contributed by atoms with Gasteiger partial charge in [0.15, 0.2) is 0 Å². The monoisotopic (exact) mass is 400 g/mol. The first-order valence-electron chi connectivity index (χ1n) is 7.65. The largest absolute Gasteiger partial charge is 2.00 e. The van der Waals surface area contributed by atoms with E-state index in [9.17, 15) is 19.8 Å². The molecule has 0 saturated heterocycles. The van der Waals surface area contributed by atoms with Crippen molar-refractivity contribution in [2.75, 3.05) is 0 Å². The zero-order valence-corrected chi connectivity index (χ0v) is 18.2. The third-order valence-corrected chi connectivity index (χ3v) is 2.82. The zero-order chi connectivity index (χ0) is 16.0. The summed E-state index contributed by atoms with van der Waals surface area (Å²) in [6.45, 7) is 8.55. The normalized spacial score (nSPS) is 9.81. The molecule has 0 amide bonds. The molecule has 0 aliphatic rings. The van der Waals surface area contributed by atoms with Crippen molar-refractivity contribution in [1.82, 2.24) is 0 Å². The molecule has 0 heterocycles. The van der Waals surface area contributed by atoms with Crippen molar-refractivity contribution >= 4 is 11.9 Å². The van der Waals surface area contributed by atoms with E-state index in [4.69, 9.17) is 0 Å². The Morgan fingerprint density at radius 1 is 0.714 bits per heavy atom. The van der Waals surface area contributed by atoms with Crippen LogP contribution >= 0.6 is 0 Å². The number of unbranched alkanes of at least 4 members (excludes halogenated alkanes) is 2. The first-order chi connectivity index (χ1) is 9.25. The number of hydrogen-bond acceptors (Lipinski definition) is 4. The van der Waals surface area contributed by atoms with Gasteiger partial charge in [0.1, 0.15) is 0 Å². The average molecular weight is 399 g/mol. The number of carbonyl (C=O) groups is 2. The fourth-order valence-electron chi connectivity index (χ4n) is 1.64. The molecule has 0 fully saturated rings. The van der Waals surface area contributed by atoms with E-state index in [-0.39, 0.29) is 40.1 Å². The second-order valence-corrected chi connectivity index (χ2v) is 6.02. The quantitative estimate of drug-likeness (QED) is 0.416. The summed E-state index contributed by atoms with van der Waals surface area (Å²) >= 11 is 0. The molecule has 5 heteroatoms. The zero-order valence-electron chi connectivity index (χ0n) is 14.2. The van der Waals surface area contributed by atoms with Crippen LogP contribution in [0.1, 0.15) is 79.1 Å². The molecule has 0 rings (SSSR count). The minimum atomic E-state index is -0.927. The van der Waals surface area contributed by atoms with Gasteiger partial charge in [0.2, 0.25) is 0 Å². The van der Waals surface area contributed by atoms with E-state index in [1.54, 1.807) is 0 Å². The van der Waals surface area contributed by atoms with E-state index in [0.29, 0.717) is 11.8 Å². The Morgan fingerprint density at radius 2 is 1.00 bits per heavy atom. The van der Waals surface area contributed by atoms with Crippen LogP contribution in [0, 0.1) is 11.8 Å². The molecule has 120 valence electrons. The fraction of sp³-hybridized carbons (Fsp3) is 0.875. The Balaban J connectivity index is -0.000000295. The molecule has 0 bridgehead atoms. The smallest absolute Gasteiger partial charge is 0.550 e. The summed E-state index contributed by atoms with van der Waals surface area (Å²) in [7, 11) is 0. The number of carbonyl (C=O) groups excluding carboxylic acids is 2. The van der Waals surface area contributed by atoms with Crippen LogP contribution in [-0.4, -0.2) is 11.9 Å². The molecular weight excluding hydrogens is 369 g/mol. The number of carboxylic acids is 2. The molecular formula is C16H30CdO4. The van der Waals surface area contributed by atoms with Crippen LogP contribution in [0.2, 0.25) is 0 Å². The molecule has 0 aliphatic heterocycles. The topological polar surface area (TPSA) is 80.3 Å². The standard InChI is InChI=1S/2C8H16O2.Cd/c2*1-7(2)5-3-4-6-8(9)10;/h2*7H,3-6H2,1-2H3,(H,9,10);/q;;+2/p-2. The second-order valence-electron chi connectivity index (χ2n) is 6.02. The second kappa shape index (κ2) is 17.9. The van der Waals surface area contributed by atoms with Crippen LogP contribution in [0.3, 0.4) is 0 Å². The predicted octanol–water partition coefficient (Wildman–Crippen LogP) is 1.90. The van der Waals surface area contributed by atoms with E-state index in [1.807, 2.05) is 0 Å². The van der Waals surface area contributed by atoms with Gasteiger partial charge in [-0.2, -0.15) is 0 Å². The van der Waals surface area contributed by atoms with E-state index < -0.39 is 11.9 Å². The number of carboxylic acid groups (broad SMARTS) is 2. The van der Waals surface area contributed by atoms with Crippen LogP contribution < -0.4 is 10.2 Å². The van der Waals surface area contributed by atoms with Gasteiger partial charge in [-0.05, 0) is 37.5 Å². The van der Waals surface area contributed by atoms with Crippen LogP contribution in [0.4, 0.5) is 0 Å². The molecule has 0 N–H and O–H groups in total. The number of hydrogen-bond donors (Lipinski definition) is 0. The van der Waals surface area contributed by atoms with Crippen molar-refractivity contribution in [1.29, 1.82) is 0 Å². The maximum absolute atomic E-state index is 9.93. The minimum absolute atomic E-state index is 0. The van der Waals surface area contributed by atoms with Gasteiger partial charge in [0.05, 0.1) is 0 Å². The Morgan fingerprint density at radius 3 is 1.19 bits per heavy atom. The van der Waals surface area contributed by atoms with Crippen molar-refractivity contribution in [2.45, 2.75) is 79.1 Å². The molecule has 0 saturated carbocycles. The molecule has 0 atom stereocenters. The molecule has 4 nitrogen and oxygen atoms in total. The summed E-state index contributed by atoms with van der Waals surface area (Å²) in [6.07, 6.45) is 6.21. The summed E-state index contributed by atoms with van der Waals surface area (Å²) in [6, 6.07) is 0. The van der Waals surface area contributed by atoms with Crippen LogP contribution in [0.5, 0.6) is 0 Å². The van der Waals surface area contributed by atoms with Gasteiger partial charge in [-0.3, -0.25) is 0 Å². The van der Waals surface area contributed by atoms with Crippen LogP contribution in [0.25, 0.3) is 0 Å². The summed E-state index contributed by atoms with van der Waals surface area (Å²) in [5.41, 5.74) is 0. The van der Waals surface area contributed by atoms with Gasteiger partial charge in [0, 0.05) is 11.9 Å². The Labute approximate surface area is 149 Å². The SMILES string of the molecule is CC(C)CCCCC(=O)[O-].CC(C)CCCCC(=O)[O-].[Cd+2]. The van der Waals surface area contributed by atoms with E-state index >= 15 is 0 Å². The maximum atomic E-state index is 9.93. The molecule has 0 aliphatic carbocycles. The van der Waals surface area contributed by atoms with Crippen molar-refractivity contribution in [2.24, 2.45) is 11.8 Å². The van der Waals surface area contributed by atoms with Gasteiger partial charge >= 0.3 is 27.3 Å². The Kier molecular flexibility index (Phi) is 22.0. The van der Waals surface area contributed by atoms with Crippen molar-refractivity contribution in [3.8, 4) is 0 Å². The number of aliphatic carboxylic acids is 2. The Hall–Kier alpha value is -0.138. The van der Waals surface area contributed by atoms with Gasteiger partial charge in [-0.25, -0.2) is 0 Å². The molecule has 0 aromatic carbocycles. The summed E-state index contributed by atoms with van der Waals surface area (Å²) in [5.74, 6) is -0.490. The van der Waals surface area contributed by atoms with Gasteiger partial charge in [-0.15, -0.1) is 0 Å². The summed E-state index contributed by atoms with van der Waals surface area (Å²) < 4.78 is 0. The van der Waals surface area contributed by atoms with Crippen molar-refractivity contribution in [3.05, 3.63) is 0 Å². The van der Waals surface area contributed by atoms with Crippen molar-refractivity contribution in [3.63, 3.8) is 0 Å². The molecule has 21 heavy (non-hydrogen) atoms. The first kappa shape index (κ1) is 25.8. The summed E-state index contributed by atoms with van der Waals surface area (Å²) in [5, 5.41) is 19.9. The van der Waals surface area contributed by atoms with Crippen LogP contribution in [0.15, 0.2) is 0 Å². The Bertz CT molecular complexity index is 227. The van der Waals surface area contributed by atoms with E-state index in [1.165, 1.54) is 0 Å². The average Bonchev–Trinajstić information content (AvgIpc) is 2.30. The van der Waals surface area contributed by atoms with Crippen LogP contribution in [-0.2, 0) is 36.9 Å². The molecule has 0 spiro atoms. The van der Waals surface area contributed by atoms with Gasteiger partial charge in [-0.1, -0.05) is 53.4 Å². The maximum Gasteiger partial charge on any atom is 2.00 e. The summed E-state index contributed by atoms with van der Waals surface area (Å²) in [4.78, 5) is 19.9. The van der Waals surface area contributed by atoms with Gasteiger partial charge in [0.25, 0.3) is 0 Å². The predicted molar refractivity (Wildman–Crippen MR) is 76.6 cm³/mol.